The minimum absolute atomic E-state index is 0.478. The summed E-state index contributed by atoms with van der Waals surface area (Å²) in [5.41, 5.74) is 1.38. The van der Waals surface area contributed by atoms with Gasteiger partial charge in [-0.05, 0) is 35.9 Å². The Morgan fingerprint density at radius 1 is 1.10 bits per heavy atom. The second kappa shape index (κ2) is 7.82. The number of hydrogen-bond acceptors (Lipinski definition) is 2. The molecular formula is C17H22ClNS. The second-order valence-electron chi connectivity index (χ2n) is 5.56. The maximum Gasteiger partial charge on any atom is 0.0545 e. The average molecular weight is 308 g/mol. The lowest BCUT2D eigenvalue weighted by molar-refractivity contribution is 0.515. The van der Waals surface area contributed by atoms with Crippen LogP contribution < -0.4 is 5.32 Å². The lowest BCUT2D eigenvalue weighted by Gasteiger charge is -2.18. The Kier molecular flexibility index (Phi) is 6.08. The molecule has 1 heterocycles. The molecule has 1 aromatic heterocycles. The van der Waals surface area contributed by atoms with E-state index in [1.54, 1.807) is 11.3 Å². The third kappa shape index (κ3) is 4.62. The first kappa shape index (κ1) is 15.6. The number of thiophene rings is 1. The smallest absolute Gasteiger partial charge is 0.0545 e. The van der Waals surface area contributed by atoms with E-state index in [2.05, 4.69) is 54.9 Å². The fraction of sp³-hybridized carbons (Fsp3) is 0.412. The summed E-state index contributed by atoms with van der Waals surface area (Å²) in [4.78, 5) is 1.28. The third-order valence-electron chi connectivity index (χ3n) is 3.34. The summed E-state index contributed by atoms with van der Waals surface area (Å²) in [6.45, 7) is 6.53. The zero-order valence-corrected chi connectivity index (χ0v) is 13.7. The fourth-order valence-electron chi connectivity index (χ4n) is 2.27. The van der Waals surface area contributed by atoms with Crippen LogP contribution in [0.4, 0.5) is 0 Å². The van der Waals surface area contributed by atoms with E-state index in [-0.39, 0.29) is 0 Å². The number of halogens is 1. The van der Waals surface area contributed by atoms with Gasteiger partial charge in [0.25, 0.3) is 0 Å². The summed E-state index contributed by atoms with van der Waals surface area (Å²) in [6, 6.07) is 12.7. The fourth-order valence-corrected chi connectivity index (χ4v) is 3.47. The van der Waals surface area contributed by atoms with Gasteiger partial charge < -0.3 is 5.32 Å². The van der Waals surface area contributed by atoms with E-state index in [4.69, 9.17) is 11.6 Å². The van der Waals surface area contributed by atoms with E-state index < -0.39 is 0 Å². The van der Waals surface area contributed by atoms with E-state index in [1.807, 2.05) is 6.07 Å². The Hall–Kier alpha value is -0.830. The molecule has 3 heteroatoms. The second-order valence-corrected chi connectivity index (χ2v) is 6.96. The highest BCUT2D eigenvalue weighted by molar-refractivity contribution is 7.10. The quantitative estimate of drug-likeness (QED) is 0.761. The molecule has 1 aromatic carbocycles. The molecule has 0 aliphatic carbocycles. The Morgan fingerprint density at radius 3 is 2.45 bits per heavy atom. The van der Waals surface area contributed by atoms with Gasteiger partial charge in [0.1, 0.15) is 0 Å². The van der Waals surface area contributed by atoms with E-state index in [1.165, 1.54) is 10.4 Å². The van der Waals surface area contributed by atoms with Crippen molar-refractivity contribution in [2.24, 2.45) is 5.92 Å². The minimum Gasteiger partial charge on any atom is -0.316 e. The van der Waals surface area contributed by atoms with Gasteiger partial charge in [0.05, 0.1) is 5.02 Å². The largest absolute Gasteiger partial charge is 0.316 e. The summed E-state index contributed by atoms with van der Waals surface area (Å²) in [7, 11) is 0. The van der Waals surface area contributed by atoms with Crippen molar-refractivity contribution in [3.63, 3.8) is 0 Å². The van der Waals surface area contributed by atoms with Crippen LogP contribution in [0.3, 0.4) is 0 Å². The van der Waals surface area contributed by atoms with Gasteiger partial charge in [-0.1, -0.05) is 55.8 Å². The molecule has 2 rings (SSSR count). The Balaban J connectivity index is 2.06. The van der Waals surface area contributed by atoms with Gasteiger partial charge in [-0.15, -0.1) is 11.3 Å². The molecule has 0 aliphatic heterocycles. The van der Waals surface area contributed by atoms with Crippen molar-refractivity contribution in [2.45, 2.75) is 26.2 Å². The Morgan fingerprint density at radius 2 is 1.85 bits per heavy atom. The van der Waals surface area contributed by atoms with Crippen LogP contribution in [0.15, 0.2) is 41.8 Å². The summed E-state index contributed by atoms with van der Waals surface area (Å²) in [6.07, 6.45) is 1.01. The highest BCUT2D eigenvalue weighted by atomic mass is 35.5. The maximum absolute atomic E-state index is 6.25. The van der Waals surface area contributed by atoms with Gasteiger partial charge in [-0.25, -0.2) is 0 Å². The molecule has 20 heavy (non-hydrogen) atoms. The monoisotopic (exact) mass is 307 g/mol. The van der Waals surface area contributed by atoms with Crippen LogP contribution in [0.1, 0.15) is 30.2 Å². The molecule has 0 fully saturated rings. The molecule has 0 amide bonds. The number of nitrogens with one attached hydrogen (secondary N) is 1. The van der Waals surface area contributed by atoms with Crippen molar-refractivity contribution in [3.05, 3.63) is 57.2 Å². The van der Waals surface area contributed by atoms with Gasteiger partial charge in [0.2, 0.25) is 0 Å². The van der Waals surface area contributed by atoms with Crippen molar-refractivity contribution < 1.29 is 0 Å². The number of rotatable bonds is 7. The third-order valence-corrected chi connectivity index (χ3v) is 4.75. The molecule has 1 N–H and O–H groups in total. The highest BCUT2D eigenvalue weighted by Crippen LogP contribution is 2.28. The normalized spacial score (nSPS) is 12.8. The van der Waals surface area contributed by atoms with Crippen LogP contribution in [-0.4, -0.2) is 13.1 Å². The summed E-state index contributed by atoms with van der Waals surface area (Å²) in [5, 5.41) is 6.55. The van der Waals surface area contributed by atoms with Crippen LogP contribution in [0.5, 0.6) is 0 Å². The van der Waals surface area contributed by atoms with Crippen LogP contribution in [0.25, 0.3) is 0 Å². The highest BCUT2D eigenvalue weighted by Gasteiger charge is 2.14. The summed E-state index contributed by atoms with van der Waals surface area (Å²) in [5.74, 6) is 1.16. The predicted octanol–water partition coefficient (Wildman–Crippen LogP) is 4.97. The standard InChI is InChI=1S/C17H22ClNS/c1-13(2)11-19-12-15(14-6-4-3-5-7-14)10-17-16(18)8-9-20-17/h3-9,13,15,19H,10-12H2,1-2H3. The Bertz CT molecular complexity index is 507. The molecule has 108 valence electrons. The van der Waals surface area contributed by atoms with Crippen molar-refractivity contribution in [3.8, 4) is 0 Å². The van der Waals surface area contributed by atoms with Crippen molar-refractivity contribution >= 4 is 22.9 Å². The molecule has 0 radical (unpaired) electrons. The first-order chi connectivity index (χ1) is 9.66. The minimum atomic E-state index is 0.478. The molecule has 0 spiro atoms. The molecule has 0 saturated heterocycles. The first-order valence-corrected chi connectivity index (χ1v) is 8.40. The van der Waals surface area contributed by atoms with Crippen LogP contribution in [0.2, 0.25) is 5.02 Å². The zero-order chi connectivity index (χ0) is 14.4. The van der Waals surface area contributed by atoms with Crippen molar-refractivity contribution in [1.82, 2.24) is 5.32 Å². The summed E-state index contributed by atoms with van der Waals surface area (Å²) < 4.78 is 0. The molecule has 0 bridgehead atoms. The van der Waals surface area contributed by atoms with Crippen molar-refractivity contribution in [2.75, 3.05) is 13.1 Å². The topological polar surface area (TPSA) is 12.0 Å². The zero-order valence-electron chi connectivity index (χ0n) is 12.1. The Labute approximate surface area is 131 Å². The molecule has 2 aromatic rings. The van der Waals surface area contributed by atoms with Gasteiger partial charge in [-0.2, -0.15) is 0 Å². The molecule has 1 atom stereocenters. The lowest BCUT2D eigenvalue weighted by Crippen LogP contribution is -2.26. The van der Waals surface area contributed by atoms with E-state index in [0.717, 1.165) is 24.5 Å². The number of hydrogen-bond donors (Lipinski definition) is 1. The van der Waals surface area contributed by atoms with E-state index >= 15 is 0 Å². The van der Waals surface area contributed by atoms with Crippen LogP contribution in [0, 0.1) is 5.92 Å². The van der Waals surface area contributed by atoms with Gasteiger partial charge >= 0.3 is 0 Å². The molecule has 1 unspecified atom stereocenters. The number of benzene rings is 1. The predicted molar refractivity (Wildman–Crippen MR) is 89.9 cm³/mol. The molecular weight excluding hydrogens is 286 g/mol. The maximum atomic E-state index is 6.25. The summed E-state index contributed by atoms with van der Waals surface area (Å²) >= 11 is 8.00. The van der Waals surface area contributed by atoms with Crippen LogP contribution >= 0.6 is 22.9 Å². The van der Waals surface area contributed by atoms with Gasteiger partial charge in [0, 0.05) is 17.3 Å². The van der Waals surface area contributed by atoms with Gasteiger partial charge in [0.15, 0.2) is 0 Å². The van der Waals surface area contributed by atoms with E-state index in [0.29, 0.717) is 11.8 Å². The van der Waals surface area contributed by atoms with E-state index in [9.17, 15) is 0 Å². The molecule has 0 saturated carbocycles. The van der Waals surface area contributed by atoms with Crippen molar-refractivity contribution in [1.29, 1.82) is 0 Å². The molecule has 1 nitrogen and oxygen atoms in total. The molecule has 0 aliphatic rings. The lowest BCUT2D eigenvalue weighted by atomic mass is 9.94. The SMILES string of the molecule is CC(C)CNCC(Cc1sccc1Cl)c1ccccc1. The average Bonchev–Trinajstić information content (AvgIpc) is 2.84. The first-order valence-electron chi connectivity index (χ1n) is 7.14. The van der Waals surface area contributed by atoms with Crippen LogP contribution in [-0.2, 0) is 6.42 Å². The van der Waals surface area contributed by atoms with Gasteiger partial charge in [-0.3, -0.25) is 0 Å².